The maximum atomic E-state index is 12.1. The highest BCUT2D eigenvalue weighted by Crippen LogP contribution is 2.30. The van der Waals surface area contributed by atoms with Crippen LogP contribution in [0.25, 0.3) is 0 Å². The summed E-state index contributed by atoms with van der Waals surface area (Å²) in [4.78, 5) is 9.92. The Kier molecular flexibility index (Phi) is 4.81. The van der Waals surface area contributed by atoms with Gasteiger partial charge in [0.25, 0.3) is 0 Å². The lowest BCUT2D eigenvalue weighted by Gasteiger charge is -2.16. The molecule has 0 amide bonds. The molecule has 0 aliphatic carbocycles. The first kappa shape index (κ1) is 15.3. The number of ether oxygens (including phenoxy) is 1. The number of nitro benzene ring substituents is 1. The molecule has 1 aromatic rings. The third kappa shape index (κ3) is 3.19. The molecule has 0 bridgehead atoms. The zero-order chi connectivity index (χ0) is 14.6. The van der Waals surface area contributed by atoms with E-state index in [9.17, 15) is 18.5 Å². The van der Waals surface area contributed by atoms with Gasteiger partial charge in [-0.2, -0.15) is 4.31 Å². The number of nitrogens with zero attached hydrogens (tertiary/aromatic N) is 2. The monoisotopic (exact) mass is 290 g/mol. The van der Waals surface area contributed by atoms with E-state index in [1.807, 2.05) is 0 Å². The van der Waals surface area contributed by atoms with Crippen molar-refractivity contribution in [3.63, 3.8) is 0 Å². The average Bonchev–Trinajstić information content (AvgIpc) is 2.37. The molecule has 0 atom stereocenters. The number of sulfonamides is 1. The Labute approximate surface area is 110 Å². The lowest BCUT2D eigenvalue weighted by Crippen LogP contribution is -2.29. The van der Waals surface area contributed by atoms with E-state index < -0.39 is 14.9 Å². The smallest absolute Gasteiger partial charge is 0.310 e. The summed E-state index contributed by atoms with van der Waals surface area (Å²) < 4.78 is 29.9. The summed E-state index contributed by atoms with van der Waals surface area (Å²) in [5, 5.41) is 19.5. The molecular formula is C10H14N2O6S. The normalized spacial score (nSPS) is 11.6. The molecule has 0 spiro atoms. The van der Waals surface area contributed by atoms with Gasteiger partial charge < -0.3 is 9.84 Å². The second-order valence-electron chi connectivity index (χ2n) is 3.64. The van der Waals surface area contributed by atoms with Gasteiger partial charge in [0.2, 0.25) is 10.0 Å². The predicted molar refractivity (Wildman–Crippen MR) is 66.6 cm³/mol. The van der Waals surface area contributed by atoms with Crippen molar-refractivity contribution in [3.8, 4) is 5.75 Å². The maximum Gasteiger partial charge on any atom is 0.310 e. The molecule has 0 heterocycles. The van der Waals surface area contributed by atoms with Crippen LogP contribution >= 0.6 is 0 Å². The van der Waals surface area contributed by atoms with Crippen LogP contribution < -0.4 is 4.74 Å². The van der Waals surface area contributed by atoms with Gasteiger partial charge in [0.05, 0.1) is 23.5 Å². The fourth-order valence-corrected chi connectivity index (χ4v) is 2.59. The Morgan fingerprint density at radius 3 is 2.58 bits per heavy atom. The first-order valence-electron chi connectivity index (χ1n) is 5.24. The highest BCUT2D eigenvalue weighted by molar-refractivity contribution is 7.89. The second kappa shape index (κ2) is 5.95. The number of methoxy groups -OCH3 is 1. The fraction of sp³-hybridized carbons (Fsp3) is 0.400. The van der Waals surface area contributed by atoms with Gasteiger partial charge in [-0.3, -0.25) is 10.1 Å². The molecule has 8 nitrogen and oxygen atoms in total. The zero-order valence-electron chi connectivity index (χ0n) is 10.4. The first-order chi connectivity index (χ1) is 8.84. The summed E-state index contributed by atoms with van der Waals surface area (Å²) in [5.74, 6) is -0.136. The van der Waals surface area contributed by atoms with Gasteiger partial charge in [-0.25, -0.2) is 8.42 Å². The minimum atomic E-state index is -3.81. The number of likely N-dealkylation sites (N-methyl/N-ethyl adjacent to an activating group) is 1. The van der Waals surface area contributed by atoms with Crippen LogP contribution in [0.4, 0.5) is 5.69 Å². The third-order valence-electron chi connectivity index (χ3n) is 2.47. The number of hydrogen-bond donors (Lipinski definition) is 1. The summed E-state index contributed by atoms with van der Waals surface area (Å²) in [7, 11) is -1.28. The van der Waals surface area contributed by atoms with E-state index in [0.717, 1.165) is 22.5 Å². The lowest BCUT2D eigenvalue weighted by atomic mass is 10.3. The Bertz CT molecular complexity index is 571. The van der Waals surface area contributed by atoms with E-state index >= 15 is 0 Å². The molecule has 0 unspecified atom stereocenters. The highest BCUT2D eigenvalue weighted by atomic mass is 32.2. The molecule has 19 heavy (non-hydrogen) atoms. The number of nitro groups is 1. The van der Waals surface area contributed by atoms with Crippen molar-refractivity contribution in [2.45, 2.75) is 4.90 Å². The number of aliphatic hydroxyl groups excluding tert-OH is 1. The van der Waals surface area contributed by atoms with E-state index in [1.165, 1.54) is 14.2 Å². The Morgan fingerprint density at radius 1 is 1.47 bits per heavy atom. The molecule has 0 saturated heterocycles. The van der Waals surface area contributed by atoms with Gasteiger partial charge in [0.15, 0.2) is 5.75 Å². The third-order valence-corrected chi connectivity index (χ3v) is 4.32. The molecule has 1 N–H and O–H groups in total. The van der Waals surface area contributed by atoms with Crippen LogP contribution in [0.2, 0.25) is 0 Å². The van der Waals surface area contributed by atoms with E-state index in [2.05, 4.69) is 0 Å². The topological polar surface area (TPSA) is 110 Å². The van der Waals surface area contributed by atoms with Crippen molar-refractivity contribution in [1.82, 2.24) is 4.31 Å². The van der Waals surface area contributed by atoms with Crippen LogP contribution in [0.1, 0.15) is 0 Å². The van der Waals surface area contributed by atoms with Gasteiger partial charge in [-0.05, 0) is 6.07 Å². The Hall–Kier alpha value is -1.71. The maximum absolute atomic E-state index is 12.1. The van der Waals surface area contributed by atoms with Crippen LogP contribution in [0, 0.1) is 10.1 Å². The van der Waals surface area contributed by atoms with Gasteiger partial charge in [0.1, 0.15) is 0 Å². The minimum Gasteiger partial charge on any atom is -0.490 e. The lowest BCUT2D eigenvalue weighted by molar-refractivity contribution is -0.385. The van der Waals surface area contributed by atoms with Crippen molar-refractivity contribution in [2.24, 2.45) is 0 Å². The number of benzene rings is 1. The summed E-state index contributed by atoms with van der Waals surface area (Å²) in [6.07, 6.45) is 0. The van der Waals surface area contributed by atoms with Gasteiger partial charge in [-0.1, -0.05) is 0 Å². The van der Waals surface area contributed by atoms with Gasteiger partial charge in [-0.15, -0.1) is 0 Å². The van der Waals surface area contributed by atoms with Gasteiger partial charge in [0, 0.05) is 25.7 Å². The molecule has 0 aliphatic heterocycles. The van der Waals surface area contributed by atoms with Crippen molar-refractivity contribution in [3.05, 3.63) is 28.3 Å². The first-order valence-corrected chi connectivity index (χ1v) is 6.68. The SMILES string of the molecule is COc1cc(S(=O)(=O)N(C)CCO)ccc1[N+](=O)[O-]. The van der Waals surface area contributed by atoms with Crippen LogP contribution in [0.15, 0.2) is 23.1 Å². The molecule has 0 radical (unpaired) electrons. The molecule has 0 saturated carbocycles. The van der Waals surface area contributed by atoms with Crippen LogP contribution in [-0.4, -0.2) is 50.1 Å². The molecule has 1 rings (SSSR count). The standard InChI is InChI=1S/C10H14N2O6S/c1-11(5-6-13)19(16,17)8-3-4-9(12(14)15)10(7-8)18-2/h3-4,7,13H,5-6H2,1-2H3. The number of aliphatic hydroxyl groups is 1. The van der Waals surface area contributed by atoms with Crippen molar-refractivity contribution in [1.29, 1.82) is 0 Å². The summed E-state index contributed by atoms with van der Waals surface area (Å²) in [6.45, 7) is -0.387. The van der Waals surface area contributed by atoms with E-state index in [4.69, 9.17) is 9.84 Å². The van der Waals surface area contributed by atoms with Crippen molar-refractivity contribution >= 4 is 15.7 Å². The quantitative estimate of drug-likeness (QED) is 0.592. The summed E-state index contributed by atoms with van der Waals surface area (Å²) in [6, 6.07) is 3.28. The van der Waals surface area contributed by atoms with E-state index in [0.29, 0.717) is 0 Å². The highest BCUT2D eigenvalue weighted by Gasteiger charge is 2.24. The van der Waals surface area contributed by atoms with Crippen LogP contribution in [0.5, 0.6) is 5.75 Å². The fourth-order valence-electron chi connectivity index (χ4n) is 1.41. The van der Waals surface area contributed by atoms with Crippen molar-refractivity contribution in [2.75, 3.05) is 27.3 Å². The molecule has 0 aromatic heterocycles. The minimum absolute atomic E-state index is 0.0678. The zero-order valence-corrected chi connectivity index (χ0v) is 11.3. The van der Waals surface area contributed by atoms with E-state index in [-0.39, 0.29) is 29.5 Å². The summed E-state index contributed by atoms with van der Waals surface area (Å²) in [5.41, 5.74) is -0.314. The molecular weight excluding hydrogens is 276 g/mol. The second-order valence-corrected chi connectivity index (χ2v) is 5.69. The molecule has 0 fully saturated rings. The predicted octanol–water partition coefficient (Wildman–Crippen LogP) is 0.216. The molecule has 1 aromatic carbocycles. The van der Waals surface area contributed by atoms with Gasteiger partial charge >= 0.3 is 5.69 Å². The van der Waals surface area contributed by atoms with Crippen LogP contribution in [0.3, 0.4) is 0 Å². The van der Waals surface area contributed by atoms with E-state index in [1.54, 1.807) is 0 Å². The molecule has 9 heteroatoms. The molecule has 106 valence electrons. The van der Waals surface area contributed by atoms with Crippen LogP contribution in [-0.2, 0) is 10.0 Å². The average molecular weight is 290 g/mol. The summed E-state index contributed by atoms with van der Waals surface area (Å²) >= 11 is 0. The largest absolute Gasteiger partial charge is 0.490 e. The Balaban J connectivity index is 3.26. The molecule has 0 aliphatic rings. The number of rotatable bonds is 6. The Morgan fingerprint density at radius 2 is 2.11 bits per heavy atom. The number of hydrogen-bond acceptors (Lipinski definition) is 6. The van der Waals surface area contributed by atoms with Crippen molar-refractivity contribution < 1.29 is 23.2 Å².